The monoisotopic (exact) mass is 348 g/mol. The summed E-state index contributed by atoms with van der Waals surface area (Å²) in [5, 5.41) is 13.5. The first-order chi connectivity index (χ1) is 11.4. The van der Waals surface area contributed by atoms with E-state index < -0.39 is 0 Å². The van der Waals surface area contributed by atoms with E-state index in [1.54, 1.807) is 11.8 Å². The summed E-state index contributed by atoms with van der Waals surface area (Å²) in [6.45, 7) is 6.69. The number of para-hydroxylation sites is 2. The van der Waals surface area contributed by atoms with Crippen molar-refractivity contribution in [3.8, 4) is 0 Å². The molecular weight excluding hydrogens is 320 g/mol. The summed E-state index contributed by atoms with van der Waals surface area (Å²) < 4.78 is 0. The van der Waals surface area contributed by atoms with Crippen molar-refractivity contribution < 1.29 is 4.79 Å². The minimum atomic E-state index is 0.0497. The van der Waals surface area contributed by atoms with Crippen molar-refractivity contribution in [3.05, 3.63) is 24.3 Å². The Balaban J connectivity index is 1.34. The molecule has 132 valence electrons. The van der Waals surface area contributed by atoms with Gasteiger partial charge in [0.15, 0.2) is 0 Å². The second kappa shape index (κ2) is 7.23. The number of rotatable bonds is 5. The number of carbonyl (C=O) groups excluding carboxylic acids is 1. The van der Waals surface area contributed by atoms with E-state index >= 15 is 0 Å². The molecule has 2 unspecified atom stereocenters. The minimum Gasteiger partial charge on any atom is -0.364 e. The maximum Gasteiger partial charge on any atom is 0.221 e. The molecule has 0 aliphatic carbocycles. The molecule has 3 rings (SSSR count). The van der Waals surface area contributed by atoms with Gasteiger partial charge in [-0.3, -0.25) is 10.1 Å². The summed E-state index contributed by atoms with van der Waals surface area (Å²) in [6, 6.07) is 8.65. The molecule has 0 aromatic heterocycles. The lowest BCUT2D eigenvalue weighted by Crippen LogP contribution is -2.46. The fourth-order valence-corrected chi connectivity index (χ4v) is 4.49. The predicted molar refractivity (Wildman–Crippen MR) is 102 cm³/mol. The number of hydrogen-bond acceptors (Lipinski definition) is 5. The summed E-state index contributed by atoms with van der Waals surface area (Å²) in [4.78, 5) is 12.1. The topological polar surface area (TPSA) is 65.2 Å². The molecule has 1 amide bonds. The van der Waals surface area contributed by atoms with Crippen molar-refractivity contribution in [2.45, 2.75) is 57.7 Å². The molecule has 4 N–H and O–H groups in total. The third-order valence-corrected chi connectivity index (χ3v) is 5.72. The lowest BCUT2D eigenvalue weighted by atomic mass is 9.88. The van der Waals surface area contributed by atoms with Gasteiger partial charge in [-0.2, -0.15) is 0 Å². The van der Waals surface area contributed by atoms with Crippen molar-refractivity contribution in [1.29, 1.82) is 0 Å². The highest BCUT2D eigenvalue weighted by molar-refractivity contribution is 8.00. The number of nitrogens with one attached hydrogen (secondary N) is 4. The molecule has 1 aromatic carbocycles. The van der Waals surface area contributed by atoms with Gasteiger partial charge in [0.05, 0.1) is 17.5 Å². The van der Waals surface area contributed by atoms with Gasteiger partial charge in [0.2, 0.25) is 5.91 Å². The molecule has 5 nitrogen and oxygen atoms in total. The molecular formula is C18H28N4OS. The van der Waals surface area contributed by atoms with Gasteiger partial charge in [0.25, 0.3) is 0 Å². The van der Waals surface area contributed by atoms with E-state index in [1.807, 2.05) is 12.1 Å². The summed E-state index contributed by atoms with van der Waals surface area (Å²) >= 11 is 1.79. The standard InChI is InChI=1S/C18H28N4OS/c1-18(2,3)14-11-24-17(21-14)22-16(23)10-6-9-15-19-12-7-4-5-8-13(12)20-15/h4-5,7-8,14-15,17,19-21H,6,9-11H2,1-3H3,(H,22,23). The lowest BCUT2D eigenvalue weighted by molar-refractivity contribution is -0.121. The number of benzene rings is 1. The molecule has 0 radical (unpaired) electrons. The Labute approximate surface area is 148 Å². The molecule has 0 bridgehead atoms. The van der Waals surface area contributed by atoms with E-state index in [9.17, 15) is 4.79 Å². The number of carbonyl (C=O) groups is 1. The van der Waals surface area contributed by atoms with Crippen LogP contribution in [-0.2, 0) is 4.79 Å². The lowest BCUT2D eigenvalue weighted by Gasteiger charge is -2.27. The highest BCUT2D eigenvalue weighted by Crippen LogP contribution is 2.30. The van der Waals surface area contributed by atoms with E-state index in [4.69, 9.17) is 0 Å². The Morgan fingerprint density at radius 3 is 2.50 bits per heavy atom. The van der Waals surface area contributed by atoms with Crippen LogP contribution in [0.3, 0.4) is 0 Å². The maximum absolute atomic E-state index is 12.1. The van der Waals surface area contributed by atoms with Crippen LogP contribution in [0.1, 0.15) is 40.0 Å². The zero-order valence-electron chi connectivity index (χ0n) is 14.7. The molecule has 2 heterocycles. The second-order valence-electron chi connectivity index (χ2n) is 7.65. The van der Waals surface area contributed by atoms with Crippen LogP contribution < -0.4 is 21.3 Å². The van der Waals surface area contributed by atoms with Crippen LogP contribution in [-0.4, -0.2) is 29.4 Å². The fourth-order valence-electron chi connectivity index (χ4n) is 3.03. The van der Waals surface area contributed by atoms with Crippen LogP contribution in [0.4, 0.5) is 11.4 Å². The normalized spacial score (nSPS) is 23.5. The number of amides is 1. The Bertz CT molecular complexity index is 562. The molecule has 2 atom stereocenters. The molecule has 1 fully saturated rings. The highest BCUT2D eigenvalue weighted by atomic mass is 32.2. The SMILES string of the molecule is CC(C)(C)C1CSC(NC(=O)CCCC2Nc3ccccc3N2)N1. The summed E-state index contributed by atoms with van der Waals surface area (Å²) in [6.07, 6.45) is 2.58. The molecule has 6 heteroatoms. The van der Waals surface area contributed by atoms with Crippen molar-refractivity contribution in [3.63, 3.8) is 0 Å². The van der Waals surface area contributed by atoms with Crippen molar-refractivity contribution in [2.24, 2.45) is 5.41 Å². The zero-order chi connectivity index (χ0) is 17.2. The summed E-state index contributed by atoms with van der Waals surface area (Å²) in [5.41, 5.74) is 2.56. The van der Waals surface area contributed by atoms with Crippen LogP contribution in [0.2, 0.25) is 0 Å². The molecule has 2 aliphatic rings. The van der Waals surface area contributed by atoms with Gasteiger partial charge in [-0.05, 0) is 30.4 Å². The molecule has 1 aromatic rings. The molecule has 24 heavy (non-hydrogen) atoms. The Hall–Kier alpha value is -1.40. The number of fused-ring (bicyclic) bond motifs is 1. The van der Waals surface area contributed by atoms with Crippen LogP contribution in [0, 0.1) is 5.41 Å². The first kappa shape index (κ1) is 17.4. The number of thioether (sulfide) groups is 1. The van der Waals surface area contributed by atoms with Crippen LogP contribution in [0.25, 0.3) is 0 Å². The molecule has 0 saturated carbocycles. The third kappa shape index (κ3) is 4.36. The highest BCUT2D eigenvalue weighted by Gasteiger charge is 2.33. The van der Waals surface area contributed by atoms with E-state index in [0.717, 1.165) is 30.0 Å². The fraction of sp³-hybridized carbons (Fsp3) is 0.611. The molecule has 0 spiro atoms. The maximum atomic E-state index is 12.1. The van der Waals surface area contributed by atoms with Gasteiger partial charge in [-0.25, -0.2) is 0 Å². The molecule has 2 aliphatic heterocycles. The Morgan fingerprint density at radius 1 is 1.25 bits per heavy atom. The van der Waals surface area contributed by atoms with E-state index in [2.05, 4.69) is 54.2 Å². The van der Waals surface area contributed by atoms with E-state index in [0.29, 0.717) is 12.5 Å². The summed E-state index contributed by atoms with van der Waals surface area (Å²) in [5.74, 6) is 1.17. The van der Waals surface area contributed by atoms with Crippen LogP contribution >= 0.6 is 11.8 Å². The predicted octanol–water partition coefficient (Wildman–Crippen LogP) is 3.17. The smallest absolute Gasteiger partial charge is 0.221 e. The minimum absolute atomic E-state index is 0.0497. The number of hydrogen-bond donors (Lipinski definition) is 4. The van der Waals surface area contributed by atoms with E-state index in [-0.39, 0.29) is 23.0 Å². The van der Waals surface area contributed by atoms with Crippen molar-refractivity contribution in [1.82, 2.24) is 10.6 Å². The largest absolute Gasteiger partial charge is 0.364 e. The van der Waals surface area contributed by atoms with Gasteiger partial charge < -0.3 is 16.0 Å². The first-order valence-corrected chi connectivity index (χ1v) is 9.76. The van der Waals surface area contributed by atoms with Gasteiger partial charge in [0.1, 0.15) is 5.50 Å². The van der Waals surface area contributed by atoms with Crippen LogP contribution in [0.15, 0.2) is 24.3 Å². The second-order valence-corrected chi connectivity index (χ2v) is 8.78. The average Bonchev–Trinajstić information content (AvgIpc) is 3.12. The molecule has 1 saturated heterocycles. The first-order valence-electron chi connectivity index (χ1n) is 8.71. The van der Waals surface area contributed by atoms with Gasteiger partial charge in [-0.1, -0.05) is 32.9 Å². The van der Waals surface area contributed by atoms with E-state index in [1.165, 1.54) is 0 Å². The van der Waals surface area contributed by atoms with Crippen LogP contribution in [0.5, 0.6) is 0 Å². The van der Waals surface area contributed by atoms with Crippen molar-refractivity contribution >= 4 is 29.0 Å². The van der Waals surface area contributed by atoms with Crippen molar-refractivity contribution in [2.75, 3.05) is 16.4 Å². The summed E-state index contributed by atoms with van der Waals surface area (Å²) in [7, 11) is 0. The quantitative estimate of drug-likeness (QED) is 0.658. The van der Waals surface area contributed by atoms with Gasteiger partial charge in [0, 0.05) is 18.2 Å². The number of anilines is 2. The Kier molecular flexibility index (Phi) is 5.25. The Morgan fingerprint density at radius 2 is 1.92 bits per heavy atom. The van der Waals surface area contributed by atoms with Gasteiger partial charge >= 0.3 is 0 Å². The third-order valence-electron chi connectivity index (χ3n) is 4.60. The average molecular weight is 349 g/mol. The van der Waals surface area contributed by atoms with Gasteiger partial charge in [-0.15, -0.1) is 11.8 Å². The zero-order valence-corrected chi connectivity index (χ0v) is 15.5.